The van der Waals surface area contributed by atoms with Gasteiger partial charge in [-0.3, -0.25) is 0 Å². The minimum absolute atomic E-state index is 0.0454. The van der Waals surface area contributed by atoms with E-state index in [-0.39, 0.29) is 41.1 Å². The molecule has 0 radical (unpaired) electrons. The predicted molar refractivity (Wildman–Crippen MR) is 156 cm³/mol. The molecule has 1 N–H and O–H groups in total. The van der Waals surface area contributed by atoms with Gasteiger partial charge in [0.2, 0.25) is 17.6 Å². The predicted octanol–water partition coefficient (Wildman–Crippen LogP) is 6.42. The van der Waals surface area contributed by atoms with Gasteiger partial charge in [-0.05, 0) is 48.9 Å². The second kappa shape index (κ2) is 12.2. The average Bonchev–Trinajstić information content (AvgIpc) is 3.32. The highest BCUT2D eigenvalue weighted by Gasteiger charge is 2.23. The molecule has 0 aliphatic rings. The molecule has 10 heteroatoms. The van der Waals surface area contributed by atoms with Crippen molar-refractivity contribution in [2.45, 2.75) is 13.5 Å². The average molecular weight is 564 g/mol. The van der Waals surface area contributed by atoms with Crippen molar-refractivity contribution in [3.63, 3.8) is 0 Å². The number of nitrogens with one attached hydrogen (secondary N) is 1. The van der Waals surface area contributed by atoms with Crippen molar-refractivity contribution in [2.75, 3.05) is 26.6 Å². The molecule has 5 rings (SSSR count). The normalized spacial score (nSPS) is 10.4. The van der Waals surface area contributed by atoms with Crippen LogP contribution in [0.4, 0.5) is 16.0 Å². The minimum Gasteiger partial charge on any atom is -0.497 e. The van der Waals surface area contributed by atoms with Crippen LogP contribution in [0.15, 0.2) is 66.9 Å². The summed E-state index contributed by atoms with van der Waals surface area (Å²) >= 11 is 0. The Balaban J connectivity index is 1.65. The van der Waals surface area contributed by atoms with Gasteiger partial charge in [0, 0.05) is 36.1 Å². The smallest absolute Gasteiger partial charge is 0.249 e. The summed E-state index contributed by atoms with van der Waals surface area (Å²) in [4.78, 5) is 9.12. The zero-order valence-electron chi connectivity index (χ0n) is 23.4. The highest BCUT2D eigenvalue weighted by molar-refractivity contribution is 5.84. The van der Waals surface area contributed by atoms with Crippen molar-refractivity contribution >= 4 is 22.7 Å². The van der Waals surface area contributed by atoms with Gasteiger partial charge in [-0.25, -0.2) is 9.37 Å². The molecule has 0 atom stereocenters. The summed E-state index contributed by atoms with van der Waals surface area (Å²) in [7, 11) is 4.48. The van der Waals surface area contributed by atoms with Crippen LogP contribution >= 0.6 is 0 Å². The highest BCUT2D eigenvalue weighted by atomic mass is 19.1. The molecule has 42 heavy (non-hydrogen) atoms. The summed E-state index contributed by atoms with van der Waals surface area (Å²) in [6.07, 6.45) is 1.35. The van der Waals surface area contributed by atoms with E-state index >= 15 is 4.39 Å². The fourth-order valence-corrected chi connectivity index (χ4v) is 4.39. The van der Waals surface area contributed by atoms with E-state index in [4.69, 9.17) is 18.9 Å². The van der Waals surface area contributed by atoms with E-state index in [2.05, 4.69) is 33.2 Å². The molecule has 0 aliphatic carbocycles. The number of ether oxygens (including phenoxy) is 4. The number of anilines is 2. The SMILES string of the molecule is CC#Cc1ccc(Nc2nc(Oc3c(OC)cc(C#N)cc3OC)c3c(n2)c(F)cn3Cc2cccc(OC)c2)cc1. The molecule has 2 aromatic heterocycles. The highest BCUT2D eigenvalue weighted by Crippen LogP contribution is 2.43. The third-order valence-corrected chi connectivity index (χ3v) is 6.32. The number of methoxy groups -OCH3 is 3. The molecule has 0 saturated heterocycles. The molecule has 0 unspecified atom stereocenters. The number of nitriles is 1. The fraction of sp³-hybridized carbons (Fsp3) is 0.156. The lowest BCUT2D eigenvalue weighted by Gasteiger charge is -2.16. The van der Waals surface area contributed by atoms with Gasteiger partial charge in [-0.15, -0.1) is 5.92 Å². The molecule has 0 fully saturated rings. The van der Waals surface area contributed by atoms with Crippen molar-refractivity contribution in [1.82, 2.24) is 14.5 Å². The number of nitrogens with zero attached hydrogens (tertiary/aromatic N) is 4. The van der Waals surface area contributed by atoms with Gasteiger partial charge in [0.25, 0.3) is 0 Å². The molecular formula is C32H26FN5O4. The van der Waals surface area contributed by atoms with E-state index in [0.717, 1.165) is 11.1 Å². The minimum atomic E-state index is -0.560. The molecule has 0 amide bonds. The van der Waals surface area contributed by atoms with Crippen LogP contribution < -0.4 is 24.3 Å². The maximum Gasteiger partial charge on any atom is 0.249 e. The molecule has 0 aliphatic heterocycles. The number of fused-ring (bicyclic) bond motifs is 1. The van der Waals surface area contributed by atoms with Crippen LogP contribution in [0.3, 0.4) is 0 Å². The topological polar surface area (TPSA) is 103 Å². The van der Waals surface area contributed by atoms with E-state index in [0.29, 0.717) is 22.5 Å². The first-order valence-corrected chi connectivity index (χ1v) is 12.8. The number of aromatic nitrogens is 3. The quantitative estimate of drug-likeness (QED) is 0.205. The maximum atomic E-state index is 15.5. The lowest BCUT2D eigenvalue weighted by molar-refractivity contribution is 0.342. The Morgan fingerprint density at radius 1 is 0.929 bits per heavy atom. The van der Waals surface area contributed by atoms with Gasteiger partial charge in [-0.1, -0.05) is 18.1 Å². The Kier molecular flexibility index (Phi) is 8.07. The van der Waals surface area contributed by atoms with Crippen molar-refractivity contribution in [3.8, 4) is 46.8 Å². The van der Waals surface area contributed by atoms with Gasteiger partial charge in [-0.2, -0.15) is 10.2 Å². The largest absolute Gasteiger partial charge is 0.497 e. The summed E-state index contributed by atoms with van der Waals surface area (Å²) in [6.45, 7) is 2.05. The van der Waals surface area contributed by atoms with Crippen LogP contribution in [-0.4, -0.2) is 35.9 Å². The monoisotopic (exact) mass is 563 g/mol. The van der Waals surface area contributed by atoms with Gasteiger partial charge < -0.3 is 28.8 Å². The Morgan fingerprint density at radius 2 is 1.67 bits per heavy atom. The van der Waals surface area contributed by atoms with E-state index in [1.165, 1.54) is 32.5 Å². The van der Waals surface area contributed by atoms with E-state index < -0.39 is 5.82 Å². The van der Waals surface area contributed by atoms with Crippen LogP contribution in [0.2, 0.25) is 0 Å². The standard InChI is InChI=1S/C32H26FN5O4/c1-5-7-20-10-12-23(13-11-20)35-32-36-28-25(33)19-38(18-21-8-6-9-24(14-21)39-2)29(28)31(37-32)42-30-26(40-3)15-22(17-34)16-27(30)41-4/h6,8-16,19H,18H2,1-4H3,(H,35,36,37). The van der Waals surface area contributed by atoms with Crippen molar-refractivity contribution in [2.24, 2.45) is 0 Å². The van der Waals surface area contributed by atoms with Crippen LogP contribution in [-0.2, 0) is 6.54 Å². The van der Waals surface area contributed by atoms with Crippen molar-refractivity contribution in [3.05, 3.63) is 89.4 Å². The summed E-state index contributed by atoms with van der Waals surface area (Å²) in [5.74, 6) is 6.77. The zero-order chi connectivity index (χ0) is 29.6. The van der Waals surface area contributed by atoms with Gasteiger partial charge in [0.15, 0.2) is 17.3 Å². The Hall–Kier alpha value is -5.74. The third kappa shape index (κ3) is 5.74. The summed E-state index contributed by atoms with van der Waals surface area (Å²) in [5.41, 5.74) is 3.06. The number of hydrogen-bond acceptors (Lipinski definition) is 8. The molecule has 210 valence electrons. The summed E-state index contributed by atoms with van der Waals surface area (Å²) < 4.78 is 39.9. The first kappa shape index (κ1) is 27.8. The van der Waals surface area contributed by atoms with Gasteiger partial charge >= 0.3 is 0 Å². The van der Waals surface area contributed by atoms with E-state index in [9.17, 15) is 5.26 Å². The van der Waals surface area contributed by atoms with Crippen molar-refractivity contribution < 1.29 is 23.3 Å². The maximum absolute atomic E-state index is 15.5. The van der Waals surface area contributed by atoms with Crippen LogP contribution in [0.1, 0.15) is 23.6 Å². The summed E-state index contributed by atoms with van der Waals surface area (Å²) in [6, 6.07) is 19.9. The van der Waals surface area contributed by atoms with Crippen LogP contribution in [0.5, 0.6) is 28.9 Å². The fourth-order valence-electron chi connectivity index (χ4n) is 4.39. The molecule has 9 nitrogen and oxygen atoms in total. The van der Waals surface area contributed by atoms with Crippen molar-refractivity contribution in [1.29, 1.82) is 5.26 Å². The zero-order valence-corrected chi connectivity index (χ0v) is 23.4. The van der Waals surface area contributed by atoms with Gasteiger partial charge in [0.1, 0.15) is 16.8 Å². The van der Waals surface area contributed by atoms with E-state index in [1.54, 1.807) is 18.6 Å². The van der Waals surface area contributed by atoms with Crippen LogP contribution in [0, 0.1) is 29.0 Å². The molecule has 0 spiro atoms. The first-order chi connectivity index (χ1) is 20.5. The van der Waals surface area contributed by atoms with Crippen LogP contribution in [0.25, 0.3) is 11.0 Å². The Bertz CT molecular complexity index is 1840. The Morgan fingerprint density at radius 3 is 2.31 bits per heavy atom. The lowest BCUT2D eigenvalue weighted by Crippen LogP contribution is -2.05. The lowest BCUT2D eigenvalue weighted by atomic mass is 10.2. The number of rotatable bonds is 9. The molecule has 2 heterocycles. The molecular weight excluding hydrogens is 537 g/mol. The molecule has 0 saturated carbocycles. The molecule has 3 aromatic carbocycles. The summed E-state index contributed by atoms with van der Waals surface area (Å²) in [5, 5.41) is 12.6. The second-order valence-corrected chi connectivity index (χ2v) is 9.01. The van der Waals surface area contributed by atoms with Gasteiger partial charge in [0.05, 0.1) is 33.0 Å². The molecule has 5 aromatic rings. The third-order valence-electron chi connectivity index (χ3n) is 6.32. The number of hydrogen-bond donors (Lipinski definition) is 1. The molecule has 0 bridgehead atoms. The van der Waals surface area contributed by atoms with E-state index in [1.807, 2.05) is 48.5 Å². The second-order valence-electron chi connectivity index (χ2n) is 9.01. The Labute approximate surface area is 242 Å². The number of halogens is 1. The first-order valence-electron chi connectivity index (χ1n) is 12.8. The number of benzene rings is 3.